The summed E-state index contributed by atoms with van der Waals surface area (Å²) in [5.41, 5.74) is 0.111. The van der Waals surface area contributed by atoms with Gasteiger partial charge in [0.25, 0.3) is 0 Å². The van der Waals surface area contributed by atoms with Crippen molar-refractivity contribution in [1.82, 2.24) is 5.32 Å². The van der Waals surface area contributed by atoms with Crippen LogP contribution >= 0.6 is 0 Å². The first-order valence-electron chi connectivity index (χ1n) is 6.15. The van der Waals surface area contributed by atoms with Crippen LogP contribution in [0.5, 0.6) is 0 Å². The fourth-order valence-corrected chi connectivity index (χ4v) is 1.42. The Kier molecular flexibility index (Phi) is 5.57. The molecule has 106 valence electrons. The number of aryl methyl sites for hydroxylation is 1. The van der Waals surface area contributed by atoms with Crippen molar-refractivity contribution < 1.29 is 23.8 Å². The van der Waals surface area contributed by atoms with Crippen LogP contribution in [0.2, 0.25) is 0 Å². The zero-order valence-corrected chi connectivity index (χ0v) is 11.4. The highest BCUT2D eigenvalue weighted by Crippen LogP contribution is 2.14. The number of carboxylic acid groups (broad SMARTS) is 1. The molecule has 2 N–H and O–H groups in total. The molecule has 1 aromatic heterocycles. The van der Waals surface area contributed by atoms with Crippen LogP contribution in [0.3, 0.4) is 0 Å². The molecular weight excluding hydrogens is 250 g/mol. The lowest BCUT2D eigenvalue weighted by atomic mass is 10.2. The number of hydrogen-bond acceptors (Lipinski definition) is 4. The van der Waals surface area contributed by atoms with Crippen LogP contribution in [0, 0.1) is 6.92 Å². The average Bonchev–Trinajstić information content (AvgIpc) is 2.74. The van der Waals surface area contributed by atoms with E-state index >= 15 is 0 Å². The molecule has 0 spiro atoms. The maximum absolute atomic E-state index is 11.5. The molecule has 19 heavy (non-hydrogen) atoms. The van der Waals surface area contributed by atoms with E-state index in [2.05, 4.69) is 5.32 Å². The third-order valence-electron chi connectivity index (χ3n) is 2.73. The van der Waals surface area contributed by atoms with Crippen molar-refractivity contribution in [2.45, 2.75) is 39.8 Å². The minimum Gasteiger partial charge on any atom is -0.478 e. The van der Waals surface area contributed by atoms with Crippen LogP contribution in [0.15, 0.2) is 10.5 Å². The van der Waals surface area contributed by atoms with E-state index in [0.717, 1.165) is 6.42 Å². The average molecular weight is 269 g/mol. The predicted molar refractivity (Wildman–Crippen MR) is 68.0 cm³/mol. The quantitative estimate of drug-likeness (QED) is 0.786. The summed E-state index contributed by atoms with van der Waals surface area (Å²) in [5.74, 6) is -0.565. The first-order chi connectivity index (χ1) is 8.93. The maximum Gasteiger partial charge on any atom is 0.339 e. The van der Waals surface area contributed by atoms with Crippen molar-refractivity contribution in [3.63, 3.8) is 0 Å². The number of aromatic carboxylic acids is 1. The summed E-state index contributed by atoms with van der Waals surface area (Å²) in [6, 6.07) is 1.41. The second-order valence-corrected chi connectivity index (χ2v) is 4.29. The van der Waals surface area contributed by atoms with Gasteiger partial charge in [-0.2, -0.15) is 0 Å². The molecule has 0 aromatic carbocycles. The maximum atomic E-state index is 11.5. The second-order valence-electron chi connectivity index (χ2n) is 4.29. The Labute approximate surface area is 111 Å². The van der Waals surface area contributed by atoms with Gasteiger partial charge in [-0.25, -0.2) is 4.79 Å². The monoisotopic (exact) mass is 269 g/mol. The van der Waals surface area contributed by atoms with Gasteiger partial charge in [-0.1, -0.05) is 6.92 Å². The molecule has 0 radical (unpaired) electrons. The Balaban J connectivity index is 2.42. The summed E-state index contributed by atoms with van der Waals surface area (Å²) < 4.78 is 10.5. The van der Waals surface area contributed by atoms with E-state index in [0.29, 0.717) is 11.5 Å². The molecule has 0 saturated heterocycles. The Hall–Kier alpha value is -1.82. The van der Waals surface area contributed by atoms with E-state index in [1.165, 1.54) is 6.07 Å². The highest BCUT2D eigenvalue weighted by atomic mass is 16.5. The van der Waals surface area contributed by atoms with Crippen LogP contribution in [0.25, 0.3) is 0 Å². The van der Waals surface area contributed by atoms with Crippen molar-refractivity contribution in [2.24, 2.45) is 0 Å². The van der Waals surface area contributed by atoms with Gasteiger partial charge in [-0.15, -0.1) is 0 Å². The SMILES string of the molecule is CCC(C)OCC(=O)NCc1cc(C(=O)O)c(C)o1. The van der Waals surface area contributed by atoms with E-state index in [4.69, 9.17) is 14.3 Å². The van der Waals surface area contributed by atoms with Crippen molar-refractivity contribution in [1.29, 1.82) is 0 Å². The Morgan fingerprint density at radius 1 is 1.53 bits per heavy atom. The van der Waals surface area contributed by atoms with Crippen LogP contribution in [-0.4, -0.2) is 29.7 Å². The van der Waals surface area contributed by atoms with Gasteiger partial charge in [0.2, 0.25) is 5.91 Å². The van der Waals surface area contributed by atoms with Gasteiger partial charge in [0.1, 0.15) is 23.7 Å². The Morgan fingerprint density at radius 3 is 2.74 bits per heavy atom. The Morgan fingerprint density at radius 2 is 2.21 bits per heavy atom. The number of amides is 1. The largest absolute Gasteiger partial charge is 0.478 e. The summed E-state index contributed by atoms with van der Waals surface area (Å²) >= 11 is 0. The molecule has 0 aliphatic rings. The number of nitrogens with one attached hydrogen (secondary N) is 1. The molecule has 6 heteroatoms. The van der Waals surface area contributed by atoms with Crippen LogP contribution < -0.4 is 5.32 Å². The molecular formula is C13H19NO5. The van der Waals surface area contributed by atoms with E-state index in [1.54, 1.807) is 6.92 Å². The van der Waals surface area contributed by atoms with Gasteiger partial charge in [0.05, 0.1) is 12.6 Å². The predicted octanol–water partition coefficient (Wildman–Crippen LogP) is 1.72. The summed E-state index contributed by atoms with van der Waals surface area (Å²) in [7, 11) is 0. The van der Waals surface area contributed by atoms with Gasteiger partial charge < -0.3 is 19.6 Å². The number of carbonyl (C=O) groups excluding carboxylic acids is 1. The fraction of sp³-hybridized carbons (Fsp3) is 0.538. The highest BCUT2D eigenvalue weighted by molar-refractivity contribution is 5.88. The first kappa shape index (κ1) is 15.2. The summed E-state index contributed by atoms with van der Waals surface area (Å²) in [4.78, 5) is 22.3. The molecule has 1 amide bonds. The van der Waals surface area contributed by atoms with Crippen molar-refractivity contribution in [2.75, 3.05) is 6.61 Å². The molecule has 1 rings (SSSR count). The lowest BCUT2D eigenvalue weighted by Gasteiger charge is -2.09. The minimum absolute atomic E-state index is 0.0134. The molecule has 1 heterocycles. The lowest BCUT2D eigenvalue weighted by molar-refractivity contribution is -0.127. The number of hydrogen-bond donors (Lipinski definition) is 2. The van der Waals surface area contributed by atoms with Gasteiger partial charge in [-0.05, 0) is 26.3 Å². The van der Waals surface area contributed by atoms with E-state index in [-0.39, 0.29) is 30.7 Å². The summed E-state index contributed by atoms with van der Waals surface area (Å²) in [6.07, 6.45) is 0.877. The molecule has 0 aliphatic carbocycles. The third kappa shape index (κ3) is 4.75. The first-order valence-corrected chi connectivity index (χ1v) is 6.15. The van der Waals surface area contributed by atoms with Crippen molar-refractivity contribution in [3.8, 4) is 0 Å². The van der Waals surface area contributed by atoms with E-state index in [1.807, 2.05) is 13.8 Å². The lowest BCUT2D eigenvalue weighted by Crippen LogP contribution is -2.28. The number of carbonyl (C=O) groups is 2. The molecule has 0 aliphatic heterocycles. The molecule has 0 fully saturated rings. The molecule has 1 atom stereocenters. The Bertz CT molecular complexity index is 452. The normalized spacial score (nSPS) is 12.2. The van der Waals surface area contributed by atoms with Crippen molar-refractivity contribution in [3.05, 3.63) is 23.2 Å². The second kappa shape index (κ2) is 6.94. The highest BCUT2D eigenvalue weighted by Gasteiger charge is 2.14. The van der Waals surface area contributed by atoms with Crippen LogP contribution in [0.1, 0.15) is 42.1 Å². The van der Waals surface area contributed by atoms with E-state index < -0.39 is 5.97 Å². The fourth-order valence-electron chi connectivity index (χ4n) is 1.42. The standard InChI is InChI=1S/C13H19NO5/c1-4-8(2)18-7-12(15)14-6-10-5-11(13(16)17)9(3)19-10/h5,8H,4,6-7H2,1-3H3,(H,14,15)(H,16,17). The summed E-state index contributed by atoms with van der Waals surface area (Å²) in [5, 5.41) is 11.5. The van der Waals surface area contributed by atoms with Crippen LogP contribution in [-0.2, 0) is 16.1 Å². The number of rotatable bonds is 7. The topological polar surface area (TPSA) is 88.8 Å². The summed E-state index contributed by atoms with van der Waals surface area (Å²) in [6.45, 7) is 5.57. The van der Waals surface area contributed by atoms with Gasteiger partial charge in [-0.3, -0.25) is 4.79 Å². The molecule has 0 saturated carbocycles. The number of furan rings is 1. The number of ether oxygens (including phenoxy) is 1. The number of carboxylic acids is 1. The third-order valence-corrected chi connectivity index (χ3v) is 2.73. The van der Waals surface area contributed by atoms with Crippen molar-refractivity contribution >= 4 is 11.9 Å². The molecule has 1 unspecified atom stereocenters. The van der Waals surface area contributed by atoms with Gasteiger partial charge >= 0.3 is 5.97 Å². The minimum atomic E-state index is -1.04. The smallest absolute Gasteiger partial charge is 0.339 e. The zero-order chi connectivity index (χ0) is 14.4. The van der Waals surface area contributed by atoms with Gasteiger partial charge in [0, 0.05) is 0 Å². The molecule has 1 aromatic rings. The van der Waals surface area contributed by atoms with Crippen LogP contribution in [0.4, 0.5) is 0 Å². The molecule has 0 bridgehead atoms. The van der Waals surface area contributed by atoms with Gasteiger partial charge in [0.15, 0.2) is 0 Å². The molecule has 6 nitrogen and oxygen atoms in total. The zero-order valence-electron chi connectivity index (χ0n) is 11.4. The van der Waals surface area contributed by atoms with E-state index in [9.17, 15) is 9.59 Å².